The van der Waals surface area contributed by atoms with E-state index in [2.05, 4.69) is 112 Å². The van der Waals surface area contributed by atoms with E-state index >= 15 is 0 Å². The number of unbranched alkanes of at least 4 members (excludes halogenated alkanes) is 4. The minimum atomic E-state index is -0.854. The van der Waals surface area contributed by atoms with Gasteiger partial charge in [-0.1, -0.05) is 167 Å². The molecule has 0 saturated heterocycles. The van der Waals surface area contributed by atoms with Crippen molar-refractivity contribution in [2.24, 2.45) is 0 Å². The Balaban J connectivity index is 4.64. The van der Waals surface area contributed by atoms with E-state index < -0.39 is 12.1 Å². The molecule has 6 heteroatoms. The summed E-state index contributed by atoms with van der Waals surface area (Å²) in [6.07, 6.45) is 62.9. The van der Waals surface area contributed by atoms with E-state index in [1.54, 1.807) is 0 Å². The molecule has 0 amide bonds. The average molecular weight is 783 g/mol. The second-order valence-corrected chi connectivity index (χ2v) is 13.2. The first-order valence-electron chi connectivity index (χ1n) is 21.4. The van der Waals surface area contributed by atoms with E-state index in [4.69, 9.17) is 14.2 Å². The summed E-state index contributed by atoms with van der Waals surface area (Å²) in [4.78, 5) is 37.6. The smallest absolute Gasteiger partial charge is 0.306 e. The average Bonchev–Trinajstić information content (AvgIpc) is 3.21. The molecule has 314 valence electrons. The predicted molar refractivity (Wildman–Crippen MR) is 242 cm³/mol. The van der Waals surface area contributed by atoms with Gasteiger partial charge in [-0.2, -0.15) is 0 Å². The monoisotopic (exact) mass is 783 g/mol. The Morgan fingerprint density at radius 3 is 1.19 bits per heavy atom. The molecular formula is C51H74O6. The van der Waals surface area contributed by atoms with Gasteiger partial charge in [0.15, 0.2) is 6.10 Å². The Morgan fingerprint density at radius 1 is 0.368 bits per heavy atom. The molecule has 6 nitrogen and oxygen atoms in total. The van der Waals surface area contributed by atoms with Crippen LogP contribution in [0.4, 0.5) is 0 Å². The minimum absolute atomic E-state index is 0.149. The molecular weight excluding hydrogens is 709 g/mol. The minimum Gasteiger partial charge on any atom is -0.462 e. The van der Waals surface area contributed by atoms with Crippen molar-refractivity contribution in [3.8, 4) is 0 Å². The molecule has 1 atom stereocenters. The lowest BCUT2D eigenvalue weighted by Gasteiger charge is -2.18. The molecule has 0 saturated carbocycles. The largest absolute Gasteiger partial charge is 0.462 e. The van der Waals surface area contributed by atoms with Crippen molar-refractivity contribution in [2.75, 3.05) is 13.2 Å². The van der Waals surface area contributed by atoms with Crippen molar-refractivity contribution in [3.63, 3.8) is 0 Å². The molecule has 0 aromatic rings. The van der Waals surface area contributed by atoms with Crippen LogP contribution < -0.4 is 0 Å². The van der Waals surface area contributed by atoms with Crippen molar-refractivity contribution in [1.82, 2.24) is 0 Å². The van der Waals surface area contributed by atoms with Gasteiger partial charge in [0.1, 0.15) is 13.2 Å². The van der Waals surface area contributed by atoms with Crippen LogP contribution >= 0.6 is 0 Å². The molecule has 57 heavy (non-hydrogen) atoms. The number of hydrogen-bond acceptors (Lipinski definition) is 6. The predicted octanol–water partition coefficient (Wildman–Crippen LogP) is 13.7. The van der Waals surface area contributed by atoms with E-state index in [0.717, 1.165) is 70.6 Å². The zero-order chi connectivity index (χ0) is 41.5. The molecule has 0 aromatic carbocycles. The highest BCUT2D eigenvalue weighted by Gasteiger charge is 2.19. The quantitative estimate of drug-likeness (QED) is 0.0209. The first kappa shape index (κ1) is 52.3. The van der Waals surface area contributed by atoms with Crippen molar-refractivity contribution >= 4 is 17.9 Å². The summed E-state index contributed by atoms with van der Waals surface area (Å²) in [5.74, 6) is -1.14. The van der Waals surface area contributed by atoms with Gasteiger partial charge in [0.05, 0.1) is 0 Å². The summed E-state index contributed by atoms with van der Waals surface area (Å²) in [6, 6.07) is 0. The van der Waals surface area contributed by atoms with Crippen LogP contribution in [0.2, 0.25) is 0 Å². The summed E-state index contributed by atoms with van der Waals surface area (Å²) in [5, 5.41) is 0. The van der Waals surface area contributed by atoms with Gasteiger partial charge in [0.25, 0.3) is 0 Å². The SMILES string of the molecule is CC\C=C/C=C\C=C/C=C\C=C/CCCC(=O)OC(COC(=O)CCC/C=C\C/C=C\C/C=C\C/C=C\C/C=C\CC)COC(=O)CCCC/C=C\C/C=C\CC. The molecule has 0 heterocycles. The molecule has 0 aliphatic rings. The molecule has 0 aliphatic heterocycles. The maximum atomic E-state index is 12.7. The molecule has 0 spiro atoms. The maximum absolute atomic E-state index is 12.7. The molecule has 0 rings (SSSR count). The second kappa shape index (κ2) is 44.0. The third-order valence-corrected chi connectivity index (χ3v) is 7.95. The standard InChI is InChI=1S/C51H74O6/c1-4-7-10-13-16-19-21-23-24-25-26-28-29-32-35-38-41-44-50(53)56-47-48(46-55-49(52)43-40-37-34-31-18-15-12-9-6-3)57-51(54)45-42-39-36-33-30-27-22-20-17-14-11-8-5-2/h7-12,14,16-20,22-24,26-28,30-33,35-36,48H,4-6,13,15,21,25,29,34,37-47H2,1-3H3/b10-7-,11-8-,12-9-,17-14-,19-16-,22-20-,24-23-,28-26-,30-27-,31-18-,35-32-,36-33-. The van der Waals surface area contributed by atoms with Gasteiger partial charge < -0.3 is 14.2 Å². The van der Waals surface area contributed by atoms with E-state index in [0.29, 0.717) is 25.7 Å². The third kappa shape index (κ3) is 42.3. The number of allylic oxidation sites excluding steroid dienone is 24. The van der Waals surface area contributed by atoms with Crippen LogP contribution in [0.1, 0.15) is 136 Å². The van der Waals surface area contributed by atoms with Crippen LogP contribution in [0.25, 0.3) is 0 Å². The zero-order valence-corrected chi connectivity index (χ0v) is 35.5. The third-order valence-electron chi connectivity index (χ3n) is 7.95. The van der Waals surface area contributed by atoms with Gasteiger partial charge in [-0.05, 0) is 96.3 Å². The highest BCUT2D eigenvalue weighted by Crippen LogP contribution is 2.08. The highest BCUT2D eigenvalue weighted by atomic mass is 16.6. The van der Waals surface area contributed by atoms with Gasteiger partial charge in [0, 0.05) is 19.3 Å². The number of rotatable bonds is 35. The number of carbonyl (C=O) groups excluding carboxylic acids is 3. The van der Waals surface area contributed by atoms with Crippen molar-refractivity contribution < 1.29 is 28.6 Å². The fourth-order valence-electron chi connectivity index (χ4n) is 4.84. The molecule has 0 fully saturated rings. The lowest BCUT2D eigenvalue weighted by Crippen LogP contribution is -2.30. The van der Waals surface area contributed by atoms with E-state index in [9.17, 15) is 14.4 Å². The summed E-state index contributed by atoms with van der Waals surface area (Å²) >= 11 is 0. The van der Waals surface area contributed by atoms with Crippen LogP contribution in [0.5, 0.6) is 0 Å². The number of hydrogen-bond donors (Lipinski definition) is 0. The Hall–Kier alpha value is -4.71. The fourth-order valence-corrected chi connectivity index (χ4v) is 4.84. The van der Waals surface area contributed by atoms with Crippen molar-refractivity contribution in [3.05, 3.63) is 146 Å². The summed E-state index contributed by atoms with van der Waals surface area (Å²) in [5.41, 5.74) is 0. The van der Waals surface area contributed by atoms with Crippen LogP contribution in [-0.4, -0.2) is 37.2 Å². The molecule has 0 N–H and O–H groups in total. The first-order chi connectivity index (χ1) is 28.0. The van der Waals surface area contributed by atoms with Crippen LogP contribution in [-0.2, 0) is 28.6 Å². The molecule has 1 unspecified atom stereocenters. The van der Waals surface area contributed by atoms with Gasteiger partial charge in [-0.3, -0.25) is 14.4 Å². The first-order valence-corrected chi connectivity index (χ1v) is 21.4. The maximum Gasteiger partial charge on any atom is 0.306 e. The highest BCUT2D eigenvalue weighted by molar-refractivity contribution is 5.71. The topological polar surface area (TPSA) is 78.9 Å². The van der Waals surface area contributed by atoms with E-state index in [-0.39, 0.29) is 44.4 Å². The Labute approximate surface area is 347 Å². The van der Waals surface area contributed by atoms with Crippen molar-refractivity contribution in [1.29, 1.82) is 0 Å². The second-order valence-electron chi connectivity index (χ2n) is 13.2. The summed E-state index contributed by atoms with van der Waals surface area (Å²) < 4.78 is 16.5. The lowest BCUT2D eigenvalue weighted by molar-refractivity contribution is -0.167. The van der Waals surface area contributed by atoms with Gasteiger partial charge in [-0.15, -0.1) is 0 Å². The zero-order valence-electron chi connectivity index (χ0n) is 35.5. The van der Waals surface area contributed by atoms with Gasteiger partial charge in [-0.25, -0.2) is 0 Å². The van der Waals surface area contributed by atoms with Crippen LogP contribution in [0.15, 0.2) is 146 Å². The van der Waals surface area contributed by atoms with E-state index in [1.807, 2.05) is 54.7 Å². The Kier molecular flexibility index (Phi) is 40.4. The Morgan fingerprint density at radius 2 is 0.719 bits per heavy atom. The molecule has 0 radical (unpaired) electrons. The molecule has 0 bridgehead atoms. The van der Waals surface area contributed by atoms with Crippen LogP contribution in [0.3, 0.4) is 0 Å². The summed E-state index contributed by atoms with van der Waals surface area (Å²) in [7, 11) is 0. The molecule has 0 aromatic heterocycles. The van der Waals surface area contributed by atoms with Crippen molar-refractivity contribution in [2.45, 2.75) is 142 Å². The van der Waals surface area contributed by atoms with Gasteiger partial charge >= 0.3 is 17.9 Å². The number of carbonyl (C=O) groups is 3. The van der Waals surface area contributed by atoms with E-state index in [1.165, 1.54) is 0 Å². The molecule has 0 aliphatic carbocycles. The number of esters is 3. The number of ether oxygens (including phenoxy) is 3. The fraction of sp³-hybridized carbons (Fsp3) is 0.471. The van der Waals surface area contributed by atoms with Crippen LogP contribution in [0, 0.1) is 0 Å². The lowest BCUT2D eigenvalue weighted by atomic mass is 10.2. The van der Waals surface area contributed by atoms with Gasteiger partial charge in [0.2, 0.25) is 0 Å². The Bertz CT molecular complexity index is 1360. The normalized spacial score (nSPS) is 13.5. The summed E-state index contributed by atoms with van der Waals surface area (Å²) in [6.45, 7) is 6.05.